The van der Waals surface area contributed by atoms with E-state index in [-0.39, 0.29) is 23.3 Å². The molecule has 7 heteroatoms. The molecule has 1 atom stereocenters. The van der Waals surface area contributed by atoms with Crippen LogP contribution in [0.1, 0.15) is 42.3 Å². The van der Waals surface area contributed by atoms with Gasteiger partial charge in [0.25, 0.3) is 15.9 Å². The van der Waals surface area contributed by atoms with Crippen molar-refractivity contribution in [2.24, 2.45) is 5.14 Å². The number of hydrogen-bond acceptors (Lipinski definition) is 4. The van der Waals surface area contributed by atoms with Crippen LogP contribution in [0.5, 0.6) is 0 Å². The predicted octanol–water partition coefficient (Wildman–Crippen LogP) is 1.71. The Labute approximate surface area is 119 Å². The number of furan rings is 1. The number of carbonyl (C=O) groups is 1. The van der Waals surface area contributed by atoms with Gasteiger partial charge in [-0.1, -0.05) is 6.08 Å². The third-order valence-electron chi connectivity index (χ3n) is 2.84. The van der Waals surface area contributed by atoms with Crippen molar-refractivity contribution >= 4 is 15.9 Å². The van der Waals surface area contributed by atoms with Gasteiger partial charge in [0, 0.05) is 12.1 Å². The highest BCUT2D eigenvalue weighted by Crippen LogP contribution is 2.18. The quantitative estimate of drug-likeness (QED) is 0.591. The van der Waals surface area contributed by atoms with Gasteiger partial charge in [0.1, 0.15) is 5.76 Å². The molecule has 1 aromatic rings. The second-order valence-corrected chi connectivity index (χ2v) is 6.17. The number of rotatable bonds is 7. The topological polar surface area (TPSA) is 102 Å². The molecule has 0 bridgehead atoms. The highest BCUT2D eigenvalue weighted by atomic mass is 32.2. The maximum Gasteiger partial charge on any atom is 0.271 e. The van der Waals surface area contributed by atoms with E-state index in [2.05, 4.69) is 11.9 Å². The van der Waals surface area contributed by atoms with E-state index in [1.54, 1.807) is 0 Å². The largest absolute Gasteiger partial charge is 0.448 e. The van der Waals surface area contributed by atoms with Crippen LogP contribution in [-0.4, -0.2) is 20.4 Å². The van der Waals surface area contributed by atoms with Gasteiger partial charge in [0.2, 0.25) is 5.09 Å². The fraction of sp³-hybridized carbons (Fsp3) is 0.462. The van der Waals surface area contributed by atoms with Crippen LogP contribution < -0.4 is 10.5 Å². The van der Waals surface area contributed by atoms with E-state index in [0.29, 0.717) is 0 Å². The van der Waals surface area contributed by atoms with E-state index in [4.69, 9.17) is 9.56 Å². The zero-order chi connectivity index (χ0) is 15.3. The van der Waals surface area contributed by atoms with Gasteiger partial charge in [0.15, 0.2) is 0 Å². The number of amides is 1. The average molecular weight is 300 g/mol. The van der Waals surface area contributed by atoms with Gasteiger partial charge in [-0.15, -0.1) is 6.58 Å². The van der Waals surface area contributed by atoms with Crippen LogP contribution in [0.4, 0.5) is 0 Å². The number of aryl methyl sites for hydroxylation is 1. The van der Waals surface area contributed by atoms with Crippen LogP contribution >= 0.6 is 0 Å². The fourth-order valence-corrected chi connectivity index (χ4v) is 2.29. The molecule has 1 rings (SSSR count). The summed E-state index contributed by atoms with van der Waals surface area (Å²) >= 11 is 0. The van der Waals surface area contributed by atoms with Crippen LogP contribution in [0, 0.1) is 6.92 Å². The Bertz CT molecular complexity index is 590. The first kappa shape index (κ1) is 16.5. The Morgan fingerprint density at radius 3 is 2.75 bits per heavy atom. The van der Waals surface area contributed by atoms with Crippen LogP contribution in [0.25, 0.3) is 0 Å². The van der Waals surface area contributed by atoms with Crippen LogP contribution in [0.15, 0.2) is 28.2 Å². The Balaban J connectivity index is 2.73. The number of nitrogens with one attached hydrogen (secondary N) is 1. The number of nitrogens with two attached hydrogens (primary N) is 1. The molecule has 0 fully saturated rings. The van der Waals surface area contributed by atoms with Crippen molar-refractivity contribution in [3.05, 3.63) is 30.0 Å². The van der Waals surface area contributed by atoms with Crippen molar-refractivity contribution in [1.82, 2.24) is 5.32 Å². The molecule has 0 saturated heterocycles. The van der Waals surface area contributed by atoms with E-state index >= 15 is 0 Å². The van der Waals surface area contributed by atoms with Gasteiger partial charge >= 0.3 is 0 Å². The van der Waals surface area contributed by atoms with Gasteiger partial charge in [-0.2, -0.15) is 0 Å². The second kappa shape index (κ2) is 6.71. The lowest BCUT2D eigenvalue weighted by Crippen LogP contribution is -2.32. The highest BCUT2D eigenvalue weighted by molar-refractivity contribution is 7.89. The Hall–Kier alpha value is -1.60. The highest BCUT2D eigenvalue weighted by Gasteiger charge is 2.21. The van der Waals surface area contributed by atoms with Crippen molar-refractivity contribution in [3.8, 4) is 0 Å². The van der Waals surface area contributed by atoms with Crippen molar-refractivity contribution in [3.63, 3.8) is 0 Å². The molecule has 0 aliphatic rings. The monoisotopic (exact) mass is 300 g/mol. The molecule has 3 N–H and O–H groups in total. The zero-order valence-corrected chi connectivity index (χ0v) is 12.5. The molecular weight excluding hydrogens is 280 g/mol. The maximum absolute atomic E-state index is 12.0. The Kier molecular flexibility index (Phi) is 5.52. The van der Waals surface area contributed by atoms with E-state index in [0.717, 1.165) is 25.3 Å². The Morgan fingerprint density at radius 2 is 2.25 bits per heavy atom. The third-order valence-corrected chi connectivity index (χ3v) is 3.61. The molecule has 0 radical (unpaired) electrons. The molecule has 1 amide bonds. The van der Waals surface area contributed by atoms with E-state index in [9.17, 15) is 13.2 Å². The second-order valence-electron chi connectivity index (χ2n) is 4.67. The molecule has 1 aromatic heterocycles. The Morgan fingerprint density at radius 1 is 1.60 bits per heavy atom. The van der Waals surface area contributed by atoms with Gasteiger partial charge in [-0.3, -0.25) is 4.79 Å². The van der Waals surface area contributed by atoms with Gasteiger partial charge < -0.3 is 9.73 Å². The van der Waals surface area contributed by atoms with Gasteiger partial charge in [-0.25, -0.2) is 13.6 Å². The minimum atomic E-state index is -3.94. The normalized spacial score (nSPS) is 12.9. The first-order chi connectivity index (χ1) is 9.25. The lowest BCUT2D eigenvalue weighted by atomic mass is 10.1. The molecule has 0 aliphatic carbocycles. The summed E-state index contributed by atoms with van der Waals surface area (Å²) in [6.07, 6.45) is 4.46. The number of sulfonamides is 1. The molecule has 0 saturated carbocycles. The summed E-state index contributed by atoms with van der Waals surface area (Å²) in [5, 5.41) is 7.35. The summed E-state index contributed by atoms with van der Waals surface area (Å²) in [5.41, 5.74) is 0.185. The molecule has 0 spiro atoms. The lowest BCUT2D eigenvalue weighted by Gasteiger charge is -2.12. The SMILES string of the molecule is C=CCCCC(C)NC(=O)c1cc(S(N)(=O)=O)oc1C. The fourth-order valence-electron chi connectivity index (χ4n) is 1.76. The van der Waals surface area contributed by atoms with Gasteiger partial charge in [0.05, 0.1) is 5.56 Å². The van der Waals surface area contributed by atoms with Crippen molar-refractivity contribution in [2.75, 3.05) is 0 Å². The van der Waals surface area contributed by atoms with Crippen molar-refractivity contribution < 1.29 is 17.6 Å². The average Bonchev–Trinajstić information content (AvgIpc) is 2.71. The molecule has 0 aliphatic heterocycles. The van der Waals surface area contributed by atoms with E-state index in [1.165, 1.54) is 6.92 Å². The van der Waals surface area contributed by atoms with Crippen molar-refractivity contribution in [1.29, 1.82) is 0 Å². The minimum absolute atomic E-state index is 0.0188. The maximum atomic E-state index is 12.0. The molecule has 6 nitrogen and oxygen atoms in total. The summed E-state index contributed by atoms with van der Waals surface area (Å²) in [6, 6.07) is 1.13. The molecule has 1 heterocycles. The number of unbranched alkanes of at least 4 members (excludes halogenated alkanes) is 1. The number of carbonyl (C=O) groups excluding carboxylic acids is 1. The number of allylic oxidation sites excluding steroid dienone is 1. The third kappa shape index (κ3) is 4.50. The molecule has 1 unspecified atom stereocenters. The van der Waals surface area contributed by atoms with E-state index < -0.39 is 15.1 Å². The van der Waals surface area contributed by atoms with Crippen molar-refractivity contribution in [2.45, 2.75) is 44.2 Å². The molecule has 112 valence electrons. The summed E-state index contributed by atoms with van der Waals surface area (Å²) in [7, 11) is -3.94. The summed E-state index contributed by atoms with van der Waals surface area (Å²) in [4.78, 5) is 12.0. The lowest BCUT2D eigenvalue weighted by molar-refractivity contribution is 0.0936. The van der Waals surface area contributed by atoms with E-state index in [1.807, 2.05) is 13.0 Å². The standard InChI is InChI=1S/C13H20N2O4S/c1-4-5-6-7-9(2)15-13(16)11-8-12(19-10(11)3)20(14,17)18/h4,8-9H,1,5-7H2,2-3H3,(H,15,16)(H2,14,17,18). The van der Waals surface area contributed by atoms with Crippen LogP contribution in [0.2, 0.25) is 0 Å². The minimum Gasteiger partial charge on any atom is -0.448 e. The van der Waals surface area contributed by atoms with Crippen LogP contribution in [-0.2, 0) is 10.0 Å². The van der Waals surface area contributed by atoms with Crippen LogP contribution in [0.3, 0.4) is 0 Å². The summed E-state index contributed by atoms with van der Waals surface area (Å²) < 4.78 is 27.3. The number of primary sulfonamides is 1. The summed E-state index contributed by atoms with van der Waals surface area (Å²) in [6.45, 7) is 7.04. The smallest absolute Gasteiger partial charge is 0.271 e. The predicted molar refractivity (Wildman–Crippen MR) is 75.8 cm³/mol. The molecule has 20 heavy (non-hydrogen) atoms. The first-order valence-electron chi connectivity index (χ1n) is 6.30. The number of hydrogen-bond donors (Lipinski definition) is 2. The zero-order valence-electron chi connectivity index (χ0n) is 11.7. The van der Waals surface area contributed by atoms with Gasteiger partial charge in [-0.05, 0) is 33.1 Å². The molecular formula is C13H20N2O4S. The summed E-state index contributed by atoms with van der Waals surface area (Å²) in [5.74, 6) is -0.142. The first-order valence-corrected chi connectivity index (χ1v) is 7.85. The molecule has 0 aromatic carbocycles.